The van der Waals surface area contributed by atoms with Crippen LogP contribution in [-0.2, 0) is 0 Å². The molecule has 0 aromatic rings. The highest BCUT2D eigenvalue weighted by Crippen LogP contribution is 2.21. The molecule has 0 aliphatic carbocycles. The van der Waals surface area contributed by atoms with Crippen molar-refractivity contribution in [1.82, 2.24) is 5.32 Å². The van der Waals surface area contributed by atoms with Crippen molar-refractivity contribution in [3.63, 3.8) is 0 Å². The molecule has 0 fully saturated rings. The summed E-state index contributed by atoms with van der Waals surface area (Å²) in [7, 11) is 0. The number of hydrogen-bond donors (Lipinski definition) is 1. The molecule has 0 aromatic heterocycles. The summed E-state index contributed by atoms with van der Waals surface area (Å²) < 4.78 is 0. The van der Waals surface area contributed by atoms with Gasteiger partial charge < -0.3 is 5.32 Å². The van der Waals surface area contributed by atoms with Gasteiger partial charge in [-0.05, 0) is 17.7 Å². The van der Waals surface area contributed by atoms with E-state index in [1.807, 2.05) is 12.3 Å². The van der Waals surface area contributed by atoms with Gasteiger partial charge >= 0.3 is 0 Å². The minimum atomic E-state index is 0.321. The standard InChI is InChI=1S/C9H15N/c1-9(2,3)8-6-4-5-7-10-8/h4-8,10H,1-3H3. The van der Waals surface area contributed by atoms with E-state index >= 15 is 0 Å². The second kappa shape index (κ2) is 2.49. The first-order valence-corrected chi connectivity index (χ1v) is 3.70. The van der Waals surface area contributed by atoms with Crippen LogP contribution in [0.5, 0.6) is 0 Å². The van der Waals surface area contributed by atoms with Crippen LogP contribution in [-0.4, -0.2) is 6.04 Å². The molecule has 0 spiro atoms. The van der Waals surface area contributed by atoms with E-state index in [4.69, 9.17) is 0 Å². The van der Waals surface area contributed by atoms with Crippen molar-refractivity contribution in [2.75, 3.05) is 0 Å². The van der Waals surface area contributed by atoms with Gasteiger partial charge in [0.2, 0.25) is 0 Å². The summed E-state index contributed by atoms with van der Waals surface area (Å²) in [5.41, 5.74) is 0.321. The van der Waals surface area contributed by atoms with Crippen LogP contribution >= 0.6 is 0 Å². The summed E-state index contributed by atoms with van der Waals surface area (Å²) in [6, 6.07) is 0.484. The molecule has 0 amide bonds. The first-order valence-electron chi connectivity index (χ1n) is 3.70. The molecule has 1 atom stereocenters. The van der Waals surface area contributed by atoms with Crippen LogP contribution in [0.1, 0.15) is 20.8 Å². The van der Waals surface area contributed by atoms with Crippen molar-refractivity contribution in [2.24, 2.45) is 5.41 Å². The Hall–Kier alpha value is -0.720. The zero-order chi connectivity index (χ0) is 7.61. The smallest absolute Gasteiger partial charge is 0.0490 e. The molecule has 0 radical (unpaired) electrons. The number of allylic oxidation sites excluding steroid dienone is 2. The molecule has 0 aromatic carbocycles. The van der Waals surface area contributed by atoms with E-state index in [1.54, 1.807) is 0 Å². The lowest BCUT2D eigenvalue weighted by Crippen LogP contribution is -2.36. The Morgan fingerprint density at radius 3 is 2.20 bits per heavy atom. The largest absolute Gasteiger partial charge is 0.384 e. The molecule has 1 rings (SSSR count). The van der Waals surface area contributed by atoms with Crippen LogP contribution < -0.4 is 5.32 Å². The Balaban J connectivity index is 2.60. The molecule has 10 heavy (non-hydrogen) atoms. The van der Waals surface area contributed by atoms with Crippen molar-refractivity contribution in [3.05, 3.63) is 24.4 Å². The van der Waals surface area contributed by atoms with Crippen molar-refractivity contribution < 1.29 is 0 Å². The number of nitrogens with one attached hydrogen (secondary N) is 1. The molecular weight excluding hydrogens is 122 g/mol. The first-order chi connectivity index (χ1) is 4.61. The lowest BCUT2D eigenvalue weighted by Gasteiger charge is -2.29. The molecule has 1 N–H and O–H groups in total. The van der Waals surface area contributed by atoms with Crippen LogP contribution in [0.2, 0.25) is 0 Å². The predicted octanol–water partition coefficient (Wildman–Crippen LogP) is 2.07. The van der Waals surface area contributed by atoms with E-state index in [0.29, 0.717) is 11.5 Å². The number of hydrogen-bond acceptors (Lipinski definition) is 1. The summed E-state index contributed by atoms with van der Waals surface area (Å²) in [5.74, 6) is 0. The van der Waals surface area contributed by atoms with Gasteiger partial charge in [-0.3, -0.25) is 0 Å². The molecule has 0 saturated carbocycles. The van der Waals surface area contributed by atoms with E-state index in [0.717, 1.165) is 0 Å². The van der Waals surface area contributed by atoms with Gasteiger partial charge in [0.15, 0.2) is 0 Å². The molecule has 1 unspecified atom stereocenters. The Morgan fingerprint density at radius 1 is 1.20 bits per heavy atom. The first kappa shape index (κ1) is 7.39. The second-order valence-electron chi connectivity index (χ2n) is 3.75. The quantitative estimate of drug-likeness (QED) is 0.539. The third-order valence-electron chi connectivity index (χ3n) is 1.72. The Morgan fingerprint density at radius 2 is 1.90 bits per heavy atom. The Bertz CT molecular complexity index is 160. The third kappa shape index (κ3) is 1.63. The van der Waals surface area contributed by atoms with Crippen LogP contribution in [0.15, 0.2) is 24.4 Å². The fraction of sp³-hybridized carbons (Fsp3) is 0.556. The lowest BCUT2D eigenvalue weighted by molar-refractivity contribution is 0.334. The highest BCUT2D eigenvalue weighted by Gasteiger charge is 2.20. The minimum Gasteiger partial charge on any atom is -0.384 e. The van der Waals surface area contributed by atoms with Gasteiger partial charge in [0, 0.05) is 6.04 Å². The van der Waals surface area contributed by atoms with Gasteiger partial charge in [0.1, 0.15) is 0 Å². The van der Waals surface area contributed by atoms with Crippen molar-refractivity contribution >= 4 is 0 Å². The summed E-state index contributed by atoms with van der Waals surface area (Å²) in [6.07, 6.45) is 8.30. The Labute approximate surface area is 62.8 Å². The van der Waals surface area contributed by atoms with Crippen LogP contribution in [0, 0.1) is 5.41 Å². The lowest BCUT2D eigenvalue weighted by atomic mass is 9.86. The Kier molecular flexibility index (Phi) is 1.84. The third-order valence-corrected chi connectivity index (χ3v) is 1.72. The molecule has 0 bridgehead atoms. The van der Waals surface area contributed by atoms with Crippen LogP contribution in [0.25, 0.3) is 0 Å². The van der Waals surface area contributed by atoms with Crippen LogP contribution in [0.3, 0.4) is 0 Å². The number of dihydropyridines is 1. The van der Waals surface area contributed by atoms with Crippen molar-refractivity contribution in [1.29, 1.82) is 0 Å². The zero-order valence-electron chi connectivity index (χ0n) is 6.89. The monoisotopic (exact) mass is 137 g/mol. The maximum atomic E-state index is 3.29. The highest BCUT2D eigenvalue weighted by atomic mass is 14.9. The van der Waals surface area contributed by atoms with Crippen LogP contribution in [0.4, 0.5) is 0 Å². The molecule has 1 heterocycles. The number of rotatable bonds is 0. The van der Waals surface area contributed by atoms with E-state index in [2.05, 4.69) is 38.2 Å². The molecule has 0 saturated heterocycles. The van der Waals surface area contributed by atoms with Gasteiger partial charge in [-0.1, -0.05) is 32.9 Å². The minimum absolute atomic E-state index is 0.321. The van der Waals surface area contributed by atoms with Gasteiger partial charge in [0.25, 0.3) is 0 Å². The van der Waals surface area contributed by atoms with Crippen molar-refractivity contribution in [2.45, 2.75) is 26.8 Å². The highest BCUT2D eigenvalue weighted by molar-refractivity contribution is 5.14. The summed E-state index contributed by atoms with van der Waals surface area (Å²) in [4.78, 5) is 0. The average molecular weight is 137 g/mol. The average Bonchev–Trinajstić information content (AvgIpc) is 1.88. The van der Waals surface area contributed by atoms with Gasteiger partial charge in [-0.25, -0.2) is 0 Å². The van der Waals surface area contributed by atoms with E-state index < -0.39 is 0 Å². The predicted molar refractivity (Wildman–Crippen MR) is 44.7 cm³/mol. The van der Waals surface area contributed by atoms with Gasteiger partial charge in [-0.15, -0.1) is 0 Å². The van der Waals surface area contributed by atoms with E-state index in [-0.39, 0.29) is 0 Å². The van der Waals surface area contributed by atoms with E-state index in [9.17, 15) is 0 Å². The molecule has 56 valence electrons. The normalized spacial score (nSPS) is 24.5. The SMILES string of the molecule is CC(C)(C)C1C=CC=CN1. The molecular formula is C9H15N. The van der Waals surface area contributed by atoms with E-state index in [1.165, 1.54) is 0 Å². The van der Waals surface area contributed by atoms with Gasteiger partial charge in [0.05, 0.1) is 0 Å². The van der Waals surface area contributed by atoms with Gasteiger partial charge in [-0.2, -0.15) is 0 Å². The van der Waals surface area contributed by atoms with Crippen molar-refractivity contribution in [3.8, 4) is 0 Å². The maximum absolute atomic E-state index is 3.29. The topological polar surface area (TPSA) is 12.0 Å². The fourth-order valence-corrected chi connectivity index (χ4v) is 0.984. The zero-order valence-corrected chi connectivity index (χ0v) is 6.89. The molecule has 1 nitrogen and oxygen atoms in total. The summed E-state index contributed by atoms with van der Waals surface area (Å²) in [5, 5.41) is 3.29. The second-order valence-corrected chi connectivity index (χ2v) is 3.75. The molecule has 1 heteroatoms. The maximum Gasteiger partial charge on any atom is 0.0490 e. The summed E-state index contributed by atoms with van der Waals surface area (Å²) in [6.45, 7) is 6.69. The molecule has 1 aliphatic heterocycles. The molecule has 1 aliphatic rings. The summed E-state index contributed by atoms with van der Waals surface area (Å²) >= 11 is 0. The fourth-order valence-electron chi connectivity index (χ4n) is 0.984.